The topological polar surface area (TPSA) is 47.8 Å². The van der Waals surface area contributed by atoms with Gasteiger partial charge in [-0.2, -0.15) is 0 Å². The summed E-state index contributed by atoms with van der Waals surface area (Å²) in [4.78, 5) is 20.7. The summed E-state index contributed by atoms with van der Waals surface area (Å²) in [5, 5.41) is 0.712. The zero-order valence-electron chi connectivity index (χ0n) is 11.0. The van der Waals surface area contributed by atoms with Gasteiger partial charge in [0.15, 0.2) is 5.16 Å². The van der Waals surface area contributed by atoms with Crippen LogP contribution in [0.5, 0.6) is 0 Å². The molecule has 0 bridgehead atoms. The summed E-state index contributed by atoms with van der Waals surface area (Å²) in [6, 6.07) is 13.5. The Morgan fingerprint density at radius 2 is 2.00 bits per heavy atom. The fourth-order valence-electron chi connectivity index (χ4n) is 2.03. The molecule has 3 rings (SSSR count). The average molecular weight is 283 g/mol. The van der Waals surface area contributed by atoms with Crippen molar-refractivity contribution >= 4 is 28.7 Å². The zero-order valence-corrected chi connectivity index (χ0v) is 11.8. The molecule has 0 unspecified atom stereocenters. The van der Waals surface area contributed by atoms with Gasteiger partial charge < -0.3 is 0 Å². The van der Waals surface area contributed by atoms with E-state index < -0.39 is 0 Å². The van der Waals surface area contributed by atoms with Gasteiger partial charge in [0.1, 0.15) is 0 Å². The van der Waals surface area contributed by atoms with Gasteiger partial charge in [-0.15, -0.1) is 0 Å². The molecule has 0 N–H and O–H groups in total. The molecule has 0 saturated heterocycles. The third-order valence-electron chi connectivity index (χ3n) is 2.92. The molecule has 0 amide bonds. The molecule has 0 spiro atoms. The van der Waals surface area contributed by atoms with E-state index in [4.69, 9.17) is 0 Å². The number of hydrogen-bond acceptors (Lipinski definition) is 4. The number of carbonyl (C=O) groups excluding carboxylic acids is 1. The van der Waals surface area contributed by atoms with Crippen LogP contribution in [0, 0.1) is 0 Å². The average Bonchev–Trinajstić information content (AvgIpc) is 2.84. The number of benzene rings is 1. The number of fused-ring (bicyclic) bond motifs is 1. The van der Waals surface area contributed by atoms with E-state index in [0.717, 1.165) is 16.7 Å². The van der Waals surface area contributed by atoms with Gasteiger partial charge in [0.05, 0.1) is 16.7 Å². The molecule has 0 aliphatic heterocycles. The molecule has 0 saturated carbocycles. The fraction of sp³-hybridized carbons (Fsp3) is 0.133. The van der Waals surface area contributed by atoms with E-state index in [1.54, 1.807) is 17.7 Å². The second-order valence-corrected chi connectivity index (χ2v) is 5.29. The Bertz CT molecular complexity index is 752. The van der Waals surface area contributed by atoms with Crippen LogP contribution in [0.3, 0.4) is 0 Å². The molecule has 0 aliphatic carbocycles. The minimum absolute atomic E-state index is 0.0257. The molecule has 0 atom stereocenters. The van der Waals surface area contributed by atoms with Crippen molar-refractivity contribution < 1.29 is 4.79 Å². The summed E-state index contributed by atoms with van der Waals surface area (Å²) in [5.74, 6) is 0.666. The summed E-state index contributed by atoms with van der Waals surface area (Å²) in [7, 11) is 0. The van der Waals surface area contributed by atoms with Crippen LogP contribution in [0.15, 0.2) is 53.8 Å². The molecule has 4 nitrogen and oxygen atoms in total. The maximum absolute atomic E-state index is 11.8. The van der Waals surface area contributed by atoms with Crippen molar-refractivity contribution in [3.63, 3.8) is 0 Å². The molecule has 3 aromatic rings. The summed E-state index contributed by atoms with van der Waals surface area (Å²) < 4.78 is 1.66. The lowest BCUT2D eigenvalue weighted by Crippen LogP contribution is -2.06. The highest BCUT2D eigenvalue weighted by atomic mass is 32.2. The lowest BCUT2D eigenvalue weighted by molar-refractivity contribution is 0.0931. The minimum Gasteiger partial charge on any atom is -0.274 e. The first-order valence-corrected chi connectivity index (χ1v) is 7.25. The second-order valence-electron chi connectivity index (χ2n) is 4.35. The van der Waals surface area contributed by atoms with E-state index in [-0.39, 0.29) is 5.91 Å². The largest absolute Gasteiger partial charge is 0.274 e. The molecule has 0 aliphatic rings. The third-order valence-corrected chi connectivity index (χ3v) is 3.89. The van der Waals surface area contributed by atoms with Crippen molar-refractivity contribution in [2.45, 2.75) is 17.8 Å². The first kappa shape index (κ1) is 12.9. The molecule has 100 valence electrons. The lowest BCUT2D eigenvalue weighted by Gasteiger charge is -2.04. The Kier molecular flexibility index (Phi) is 3.52. The van der Waals surface area contributed by atoms with Crippen molar-refractivity contribution in [1.29, 1.82) is 0 Å². The van der Waals surface area contributed by atoms with Gasteiger partial charge in [0.25, 0.3) is 0 Å². The zero-order chi connectivity index (χ0) is 13.9. The third kappa shape index (κ3) is 2.44. The van der Waals surface area contributed by atoms with Gasteiger partial charge in [-0.1, -0.05) is 30.0 Å². The molecule has 2 heterocycles. The van der Waals surface area contributed by atoms with Crippen LogP contribution in [0.4, 0.5) is 0 Å². The summed E-state index contributed by atoms with van der Waals surface area (Å²) in [5.41, 5.74) is 2.66. The minimum atomic E-state index is -0.0257. The van der Waals surface area contributed by atoms with Crippen molar-refractivity contribution in [2.24, 2.45) is 0 Å². The Hall–Kier alpha value is -2.14. The van der Waals surface area contributed by atoms with Crippen LogP contribution in [-0.4, -0.2) is 20.4 Å². The van der Waals surface area contributed by atoms with Crippen LogP contribution >= 0.6 is 11.8 Å². The first-order chi connectivity index (χ1) is 9.75. The number of aromatic nitrogens is 3. The molecule has 1 aromatic carbocycles. The number of rotatable bonds is 3. The first-order valence-electron chi connectivity index (χ1n) is 6.27. The number of para-hydroxylation sites is 2. The normalized spacial score (nSPS) is 10.8. The van der Waals surface area contributed by atoms with Gasteiger partial charge in [-0.05, 0) is 24.3 Å². The molecule has 0 fully saturated rings. The molecule has 2 aromatic heterocycles. The van der Waals surface area contributed by atoms with Crippen LogP contribution < -0.4 is 0 Å². The lowest BCUT2D eigenvalue weighted by atomic mass is 10.3. The Labute approximate surface area is 120 Å². The molecule has 0 radical (unpaired) electrons. The number of carbonyl (C=O) groups is 1. The van der Waals surface area contributed by atoms with Crippen molar-refractivity contribution in [3.05, 3.63) is 54.4 Å². The number of hydrogen-bond donors (Lipinski definition) is 0. The van der Waals surface area contributed by atoms with Gasteiger partial charge in [0.2, 0.25) is 5.91 Å². The van der Waals surface area contributed by atoms with Crippen LogP contribution in [0.2, 0.25) is 0 Å². The number of nitrogens with zero attached hydrogens (tertiary/aromatic N) is 3. The van der Waals surface area contributed by atoms with Crippen LogP contribution in [0.25, 0.3) is 11.0 Å². The number of thioether (sulfide) groups is 1. The number of imidazole rings is 1. The second kappa shape index (κ2) is 5.46. The summed E-state index contributed by atoms with van der Waals surface area (Å²) in [6.45, 7) is 1.55. The van der Waals surface area contributed by atoms with E-state index in [1.807, 2.05) is 42.5 Å². The summed E-state index contributed by atoms with van der Waals surface area (Å²) >= 11 is 1.52. The van der Waals surface area contributed by atoms with E-state index >= 15 is 0 Å². The Morgan fingerprint density at radius 1 is 1.20 bits per heavy atom. The van der Waals surface area contributed by atoms with E-state index in [1.165, 1.54) is 11.8 Å². The molecule has 20 heavy (non-hydrogen) atoms. The SMILES string of the molecule is CC(=O)n1c(SCc2ccccn2)nc2ccccc21. The van der Waals surface area contributed by atoms with E-state index in [9.17, 15) is 4.79 Å². The van der Waals surface area contributed by atoms with Gasteiger partial charge in [0, 0.05) is 18.9 Å². The summed E-state index contributed by atoms with van der Waals surface area (Å²) in [6.07, 6.45) is 1.77. The maximum atomic E-state index is 11.8. The van der Waals surface area contributed by atoms with Crippen LogP contribution in [0.1, 0.15) is 17.4 Å². The van der Waals surface area contributed by atoms with Gasteiger partial charge in [-0.25, -0.2) is 4.98 Å². The van der Waals surface area contributed by atoms with Gasteiger partial charge >= 0.3 is 0 Å². The van der Waals surface area contributed by atoms with Crippen molar-refractivity contribution in [3.8, 4) is 0 Å². The van der Waals surface area contributed by atoms with E-state index in [0.29, 0.717) is 10.9 Å². The Balaban J connectivity index is 1.95. The fourth-order valence-corrected chi connectivity index (χ4v) is 2.99. The smallest absolute Gasteiger partial charge is 0.230 e. The van der Waals surface area contributed by atoms with Crippen molar-refractivity contribution in [2.75, 3.05) is 0 Å². The van der Waals surface area contributed by atoms with E-state index in [2.05, 4.69) is 9.97 Å². The molecular formula is C15H13N3OS. The maximum Gasteiger partial charge on any atom is 0.230 e. The molecular weight excluding hydrogens is 270 g/mol. The van der Waals surface area contributed by atoms with Gasteiger partial charge in [-0.3, -0.25) is 14.3 Å². The number of pyridine rings is 1. The quantitative estimate of drug-likeness (QED) is 0.691. The molecule has 5 heteroatoms. The monoisotopic (exact) mass is 283 g/mol. The van der Waals surface area contributed by atoms with Crippen molar-refractivity contribution in [1.82, 2.24) is 14.5 Å². The predicted octanol–water partition coefficient (Wildman–Crippen LogP) is 3.38. The highest BCUT2D eigenvalue weighted by Gasteiger charge is 2.14. The highest BCUT2D eigenvalue weighted by Crippen LogP contribution is 2.26. The van der Waals surface area contributed by atoms with Crippen LogP contribution in [-0.2, 0) is 5.75 Å². The predicted molar refractivity (Wildman–Crippen MR) is 79.8 cm³/mol. The highest BCUT2D eigenvalue weighted by molar-refractivity contribution is 7.98. The standard InChI is InChI=1S/C15H13N3OS/c1-11(19)18-14-8-3-2-7-13(14)17-15(18)20-10-12-6-4-5-9-16-12/h2-9H,10H2,1H3. The Morgan fingerprint density at radius 3 is 2.75 bits per heavy atom.